The van der Waals surface area contributed by atoms with Crippen LogP contribution in [0.2, 0.25) is 0 Å². The first-order valence-electron chi connectivity index (χ1n) is 10.1. The minimum Gasteiger partial charge on any atom is -0.385 e. The lowest BCUT2D eigenvalue weighted by molar-refractivity contribution is 0.0561. The third-order valence-corrected chi connectivity index (χ3v) is 5.81. The number of hydrogen-bond acceptors (Lipinski definition) is 7. The molecule has 9 heteroatoms. The van der Waals surface area contributed by atoms with Crippen molar-refractivity contribution in [1.82, 2.24) is 29.8 Å². The first-order chi connectivity index (χ1) is 14.5. The molecule has 4 rings (SSSR count). The summed E-state index contributed by atoms with van der Waals surface area (Å²) in [5.74, 6) is 0.993. The number of hydrogen-bond donors (Lipinski definition) is 0. The van der Waals surface area contributed by atoms with Gasteiger partial charge in [0.25, 0.3) is 11.8 Å². The molecule has 9 nitrogen and oxygen atoms in total. The number of likely N-dealkylation sites (tertiary alicyclic amines) is 1. The Morgan fingerprint density at radius 2 is 2.13 bits per heavy atom. The van der Waals surface area contributed by atoms with Crippen molar-refractivity contribution in [2.45, 2.75) is 31.6 Å². The lowest BCUT2D eigenvalue weighted by Crippen LogP contribution is -2.49. The molecule has 1 unspecified atom stereocenters. The maximum absolute atomic E-state index is 13.1. The zero-order chi connectivity index (χ0) is 21.1. The number of piperidine rings is 1. The van der Waals surface area contributed by atoms with Crippen LogP contribution >= 0.6 is 0 Å². The zero-order valence-electron chi connectivity index (χ0n) is 17.5. The first-order valence-corrected chi connectivity index (χ1v) is 10.1. The number of methoxy groups -OCH3 is 1. The van der Waals surface area contributed by atoms with Gasteiger partial charge in [-0.1, -0.05) is 5.16 Å². The minimum absolute atomic E-state index is 0.0713. The van der Waals surface area contributed by atoms with E-state index in [0.717, 1.165) is 24.1 Å². The van der Waals surface area contributed by atoms with Gasteiger partial charge in [0.1, 0.15) is 0 Å². The minimum atomic E-state index is -0.428. The molecular weight excluding hydrogens is 384 g/mol. The second-order valence-corrected chi connectivity index (χ2v) is 7.81. The van der Waals surface area contributed by atoms with Crippen LogP contribution in [0.15, 0.2) is 35.1 Å². The third kappa shape index (κ3) is 3.85. The van der Waals surface area contributed by atoms with Gasteiger partial charge in [0, 0.05) is 57.5 Å². The molecule has 1 atom stereocenters. The van der Waals surface area contributed by atoms with E-state index in [9.17, 15) is 4.79 Å². The fourth-order valence-electron chi connectivity index (χ4n) is 3.98. The summed E-state index contributed by atoms with van der Waals surface area (Å²) >= 11 is 0. The van der Waals surface area contributed by atoms with Gasteiger partial charge in [-0.25, -0.2) is 0 Å². The van der Waals surface area contributed by atoms with Gasteiger partial charge in [0.15, 0.2) is 11.5 Å². The van der Waals surface area contributed by atoms with Crippen LogP contribution in [0.4, 0.5) is 0 Å². The Kier molecular flexibility index (Phi) is 5.63. The molecule has 1 aliphatic rings. The lowest BCUT2D eigenvalue weighted by atomic mass is 9.76. The number of carbonyl (C=O) groups is 1. The fraction of sp³-hybridized carbons (Fsp3) is 0.476. The van der Waals surface area contributed by atoms with E-state index in [2.05, 4.69) is 15.2 Å². The SMILES string of the molecule is COCCC1(c2noc(-c3ccncc3)n2)CCCN(C(=O)c2cc(C)n(C)n2)C1. The normalized spacial score (nSPS) is 19.2. The van der Waals surface area contributed by atoms with Crippen molar-refractivity contribution in [2.75, 3.05) is 26.8 Å². The second kappa shape index (κ2) is 8.35. The Bertz CT molecular complexity index is 995. The lowest BCUT2D eigenvalue weighted by Gasteiger charge is -2.40. The smallest absolute Gasteiger partial charge is 0.274 e. The van der Waals surface area contributed by atoms with Gasteiger partial charge in [0.05, 0.1) is 5.41 Å². The van der Waals surface area contributed by atoms with Crippen LogP contribution in [0.5, 0.6) is 0 Å². The molecule has 0 N–H and O–H groups in total. The van der Waals surface area contributed by atoms with Gasteiger partial charge in [-0.3, -0.25) is 14.5 Å². The molecule has 0 aliphatic carbocycles. The molecule has 3 aromatic rings. The Balaban J connectivity index is 1.63. The van der Waals surface area contributed by atoms with Crippen molar-refractivity contribution < 1.29 is 14.1 Å². The largest absolute Gasteiger partial charge is 0.385 e. The highest BCUT2D eigenvalue weighted by Gasteiger charge is 2.42. The van der Waals surface area contributed by atoms with E-state index in [1.54, 1.807) is 24.2 Å². The molecule has 3 aromatic heterocycles. The summed E-state index contributed by atoms with van der Waals surface area (Å²) in [6, 6.07) is 5.49. The van der Waals surface area contributed by atoms with Crippen molar-refractivity contribution >= 4 is 5.91 Å². The van der Waals surface area contributed by atoms with Crippen LogP contribution in [-0.4, -0.2) is 62.5 Å². The zero-order valence-corrected chi connectivity index (χ0v) is 17.5. The highest BCUT2D eigenvalue weighted by molar-refractivity contribution is 5.92. The van der Waals surface area contributed by atoms with Crippen molar-refractivity contribution in [2.24, 2.45) is 7.05 Å². The van der Waals surface area contributed by atoms with E-state index in [1.165, 1.54) is 0 Å². The number of rotatable bonds is 6. The second-order valence-electron chi connectivity index (χ2n) is 7.81. The molecule has 30 heavy (non-hydrogen) atoms. The molecule has 1 saturated heterocycles. The van der Waals surface area contributed by atoms with E-state index in [4.69, 9.17) is 14.2 Å². The van der Waals surface area contributed by atoms with Crippen molar-refractivity contribution in [3.8, 4) is 11.5 Å². The Morgan fingerprint density at radius 1 is 1.33 bits per heavy atom. The molecule has 1 fully saturated rings. The molecule has 0 radical (unpaired) electrons. The van der Waals surface area contributed by atoms with Crippen LogP contribution in [0.25, 0.3) is 11.5 Å². The number of ether oxygens (including phenoxy) is 1. The van der Waals surface area contributed by atoms with Crippen LogP contribution < -0.4 is 0 Å². The van der Waals surface area contributed by atoms with Gasteiger partial charge in [0.2, 0.25) is 0 Å². The topological polar surface area (TPSA) is 99.2 Å². The fourth-order valence-corrected chi connectivity index (χ4v) is 3.98. The Labute approximate surface area is 175 Å². The molecule has 0 saturated carbocycles. The average molecular weight is 410 g/mol. The molecule has 158 valence electrons. The number of aromatic nitrogens is 5. The van der Waals surface area contributed by atoms with Gasteiger partial charge in [-0.15, -0.1) is 0 Å². The Hall–Kier alpha value is -3.07. The summed E-state index contributed by atoms with van der Waals surface area (Å²) < 4.78 is 12.6. The molecule has 0 bridgehead atoms. The summed E-state index contributed by atoms with van der Waals surface area (Å²) in [5, 5.41) is 8.66. The van der Waals surface area contributed by atoms with Crippen LogP contribution in [0, 0.1) is 6.92 Å². The van der Waals surface area contributed by atoms with E-state index in [1.807, 2.05) is 37.1 Å². The van der Waals surface area contributed by atoms with Crippen LogP contribution in [-0.2, 0) is 17.2 Å². The maximum Gasteiger partial charge on any atom is 0.274 e. The predicted octanol–water partition coefficient (Wildman–Crippen LogP) is 2.38. The standard InChI is InChI=1S/C21H26N6O3/c1-15-13-17(24-26(15)2)19(28)27-11-4-7-21(14-27,8-12-29-3)20-23-18(30-25-20)16-5-9-22-10-6-16/h5-6,9-10,13H,4,7-8,11-12,14H2,1-3H3. The third-order valence-electron chi connectivity index (χ3n) is 5.81. The highest BCUT2D eigenvalue weighted by Crippen LogP contribution is 2.37. The van der Waals surface area contributed by atoms with E-state index < -0.39 is 5.41 Å². The highest BCUT2D eigenvalue weighted by atomic mass is 16.5. The number of amides is 1. The predicted molar refractivity (Wildman–Crippen MR) is 109 cm³/mol. The summed E-state index contributed by atoms with van der Waals surface area (Å²) in [4.78, 5) is 23.7. The molecule has 0 aromatic carbocycles. The van der Waals surface area contributed by atoms with Crippen molar-refractivity contribution in [3.63, 3.8) is 0 Å². The number of nitrogens with zero attached hydrogens (tertiary/aromatic N) is 6. The number of carbonyl (C=O) groups excluding carboxylic acids is 1. The Morgan fingerprint density at radius 3 is 2.83 bits per heavy atom. The molecule has 1 aliphatic heterocycles. The maximum atomic E-state index is 13.1. The van der Waals surface area contributed by atoms with Crippen molar-refractivity contribution in [1.29, 1.82) is 0 Å². The molecule has 4 heterocycles. The van der Waals surface area contributed by atoms with Gasteiger partial charge in [-0.05, 0) is 44.4 Å². The van der Waals surface area contributed by atoms with E-state index in [0.29, 0.717) is 43.5 Å². The van der Waals surface area contributed by atoms with Gasteiger partial charge in [-0.2, -0.15) is 10.1 Å². The molecule has 0 spiro atoms. The first kappa shape index (κ1) is 20.2. The molecular formula is C21H26N6O3. The number of pyridine rings is 1. The summed E-state index contributed by atoms with van der Waals surface area (Å²) in [6.07, 6.45) is 5.78. The quantitative estimate of drug-likeness (QED) is 0.615. The van der Waals surface area contributed by atoms with Crippen LogP contribution in [0.1, 0.15) is 41.3 Å². The van der Waals surface area contributed by atoms with E-state index in [-0.39, 0.29) is 5.91 Å². The summed E-state index contributed by atoms with van der Waals surface area (Å²) in [7, 11) is 3.51. The monoisotopic (exact) mass is 410 g/mol. The van der Waals surface area contributed by atoms with Crippen molar-refractivity contribution in [3.05, 3.63) is 47.8 Å². The summed E-state index contributed by atoms with van der Waals surface area (Å²) in [6.45, 7) is 3.66. The summed E-state index contributed by atoms with van der Waals surface area (Å²) in [5.41, 5.74) is 1.80. The van der Waals surface area contributed by atoms with E-state index >= 15 is 0 Å². The number of aryl methyl sites for hydroxylation is 2. The van der Waals surface area contributed by atoms with Crippen LogP contribution in [0.3, 0.4) is 0 Å². The van der Waals surface area contributed by atoms with Gasteiger partial charge >= 0.3 is 0 Å². The van der Waals surface area contributed by atoms with Gasteiger partial charge < -0.3 is 14.2 Å². The molecule has 1 amide bonds. The average Bonchev–Trinajstić information content (AvgIpc) is 3.40.